The van der Waals surface area contributed by atoms with Crippen molar-refractivity contribution in [2.24, 2.45) is 0 Å². The van der Waals surface area contributed by atoms with Crippen LogP contribution in [-0.2, 0) is 9.53 Å². The van der Waals surface area contributed by atoms with Crippen molar-refractivity contribution < 1.29 is 19.1 Å². The SMILES string of the molecule is C=CCN1C(=O)N[C@H](c2ccc(Cl)cc2Cl)C(C(=O)OCC)=C1CN1CCN(C(=O)NC(C)(C)C)[C@H](C)C1. The van der Waals surface area contributed by atoms with E-state index in [4.69, 9.17) is 27.9 Å². The summed E-state index contributed by atoms with van der Waals surface area (Å²) in [6, 6.07) is 3.55. The molecule has 4 amide bonds. The van der Waals surface area contributed by atoms with Gasteiger partial charge in [-0.05, 0) is 52.3 Å². The van der Waals surface area contributed by atoms with Gasteiger partial charge >= 0.3 is 18.0 Å². The molecule has 11 heteroatoms. The molecule has 2 atom stereocenters. The summed E-state index contributed by atoms with van der Waals surface area (Å²) in [5.74, 6) is -0.538. The summed E-state index contributed by atoms with van der Waals surface area (Å²) in [5, 5.41) is 6.70. The maximum absolute atomic E-state index is 13.4. The molecule has 1 fully saturated rings. The van der Waals surface area contributed by atoms with Crippen molar-refractivity contribution in [3.8, 4) is 0 Å². The van der Waals surface area contributed by atoms with Crippen LogP contribution in [0.15, 0.2) is 42.1 Å². The Morgan fingerprint density at radius 1 is 1.26 bits per heavy atom. The molecule has 38 heavy (non-hydrogen) atoms. The number of piperazine rings is 1. The maximum atomic E-state index is 13.4. The zero-order valence-electron chi connectivity index (χ0n) is 22.6. The molecular weight excluding hydrogens is 529 g/mol. The van der Waals surface area contributed by atoms with Crippen LogP contribution in [0.1, 0.15) is 46.2 Å². The average Bonchev–Trinajstić information content (AvgIpc) is 2.80. The lowest BCUT2D eigenvalue weighted by Gasteiger charge is -2.43. The van der Waals surface area contributed by atoms with Crippen molar-refractivity contribution in [2.75, 3.05) is 39.3 Å². The molecule has 0 saturated carbocycles. The second-order valence-corrected chi connectivity index (χ2v) is 11.3. The number of urea groups is 2. The van der Waals surface area contributed by atoms with Crippen LogP contribution in [0, 0.1) is 0 Å². The Labute approximate surface area is 234 Å². The summed E-state index contributed by atoms with van der Waals surface area (Å²) in [6.07, 6.45) is 1.61. The first-order valence-electron chi connectivity index (χ1n) is 12.7. The number of hydrogen-bond donors (Lipinski definition) is 2. The fraction of sp³-hybridized carbons (Fsp3) is 0.519. The molecule has 0 aromatic heterocycles. The number of hydrogen-bond acceptors (Lipinski definition) is 5. The predicted octanol–water partition coefficient (Wildman–Crippen LogP) is 4.58. The molecule has 0 spiro atoms. The van der Waals surface area contributed by atoms with Crippen LogP contribution in [0.4, 0.5) is 9.59 Å². The molecule has 9 nitrogen and oxygen atoms in total. The molecule has 0 unspecified atom stereocenters. The van der Waals surface area contributed by atoms with E-state index in [1.54, 1.807) is 31.2 Å². The Kier molecular flexibility index (Phi) is 9.73. The molecular formula is C27H37Cl2N5O4. The molecule has 2 aliphatic heterocycles. The van der Waals surface area contributed by atoms with Crippen LogP contribution in [0.5, 0.6) is 0 Å². The lowest BCUT2D eigenvalue weighted by Crippen LogP contribution is -2.59. The lowest BCUT2D eigenvalue weighted by atomic mass is 9.93. The first-order valence-corrected chi connectivity index (χ1v) is 13.5. The number of nitrogens with one attached hydrogen (secondary N) is 2. The number of carbonyl (C=O) groups is 3. The second-order valence-electron chi connectivity index (χ2n) is 10.5. The fourth-order valence-electron chi connectivity index (χ4n) is 4.70. The highest BCUT2D eigenvalue weighted by Crippen LogP contribution is 2.36. The smallest absolute Gasteiger partial charge is 0.338 e. The molecule has 1 aromatic carbocycles. The van der Waals surface area contributed by atoms with Gasteiger partial charge < -0.3 is 20.3 Å². The van der Waals surface area contributed by atoms with Gasteiger partial charge in [0.15, 0.2) is 0 Å². The topological polar surface area (TPSA) is 94.2 Å². The van der Waals surface area contributed by atoms with E-state index in [0.717, 1.165) is 0 Å². The summed E-state index contributed by atoms with van der Waals surface area (Å²) >= 11 is 12.6. The van der Waals surface area contributed by atoms with Crippen molar-refractivity contribution in [1.82, 2.24) is 25.3 Å². The van der Waals surface area contributed by atoms with Crippen molar-refractivity contribution in [2.45, 2.75) is 52.2 Å². The molecule has 0 radical (unpaired) electrons. The number of carbonyl (C=O) groups excluding carboxylic acids is 3. The number of rotatable bonds is 7. The van der Waals surface area contributed by atoms with Gasteiger partial charge in [0, 0.05) is 60.0 Å². The van der Waals surface area contributed by atoms with Gasteiger partial charge in [0.1, 0.15) is 0 Å². The van der Waals surface area contributed by atoms with Gasteiger partial charge in [0.05, 0.1) is 18.2 Å². The van der Waals surface area contributed by atoms with Crippen molar-refractivity contribution in [3.05, 3.63) is 57.7 Å². The molecule has 1 saturated heterocycles. The molecule has 208 valence electrons. The van der Waals surface area contributed by atoms with Gasteiger partial charge in [0.2, 0.25) is 0 Å². The summed E-state index contributed by atoms with van der Waals surface area (Å²) in [5.41, 5.74) is 1.02. The third kappa shape index (κ3) is 7.01. The predicted molar refractivity (Wildman–Crippen MR) is 149 cm³/mol. The Hall–Kier alpha value is -2.75. The van der Waals surface area contributed by atoms with E-state index in [1.807, 2.05) is 32.6 Å². The number of benzene rings is 1. The van der Waals surface area contributed by atoms with Crippen LogP contribution < -0.4 is 10.6 Å². The Bertz CT molecular complexity index is 1120. The quantitative estimate of drug-likeness (QED) is 0.373. The average molecular weight is 567 g/mol. The first-order chi connectivity index (χ1) is 17.9. The fourth-order valence-corrected chi connectivity index (χ4v) is 5.21. The maximum Gasteiger partial charge on any atom is 0.338 e. The minimum absolute atomic E-state index is 0.0791. The highest BCUT2D eigenvalue weighted by molar-refractivity contribution is 6.35. The van der Waals surface area contributed by atoms with Crippen LogP contribution in [0.25, 0.3) is 0 Å². The number of ether oxygens (including phenoxy) is 1. The molecule has 2 N–H and O–H groups in total. The molecule has 1 aromatic rings. The highest BCUT2D eigenvalue weighted by Gasteiger charge is 2.40. The van der Waals surface area contributed by atoms with Gasteiger partial charge in [0.25, 0.3) is 0 Å². The highest BCUT2D eigenvalue weighted by atomic mass is 35.5. The molecule has 2 heterocycles. The van der Waals surface area contributed by atoms with Crippen LogP contribution in [-0.4, -0.2) is 83.6 Å². The Balaban J connectivity index is 1.99. The zero-order chi connectivity index (χ0) is 28.2. The number of esters is 1. The molecule has 0 aliphatic carbocycles. The normalized spacial score (nSPS) is 20.8. The van der Waals surface area contributed by atoms with Gasteiger partial charge in [-0.15, -0.1) is 6.58 Å². The number of nitrogens with zero attached hydrogens (tertiary/aromatic N) is 3. The third-order valence-electron chi connectivity index (χ3n) is 6.35. The minimum atomic E-state index is -0.821. The summed E-state index contributed by atoms with van der Waals surface area (Å²) in [6.45, 7) is 15.7. The summed E-state index contributed by atoms with van der Waals surface area (Å²) < 4.78 is 5.44. The van der Waals surface area contributed by atoms with E-state index >= 15 is 0 Å². The molecule has 0 bridgehead atoms. The lowest BCUT2D eigenvalue weighted by molar-refractivity contribution is -0.139. The van der Waals surface area contributed by atoms with Crippen molar-refractivity contribution in [1.29, 1.82) is 0 Å². The van der Waals surface area contributed by atoms with E-state index in [0.29, 0.717) is 53.1 Å². The Morgan fingerprint density at radius 2 is 1.97 bits per heavy atom. The largest absolute Gasteiger partial charge is 0.463 e. The zero-order valence-corrected chi connectivity index (χ0v) is 24.2. The Morgan fingerprint density at radius 3 is 2.55 bits per heavy atom. The molecule has 2 aliphatic rings. The van der Waals surface area contributed by atoms with Crippen molar-refractivity contribution in [3.63, 3.8) is 0 Å². The van der Waals surface area contributed by atoms with E-state index in [9.17, 15) is 14.4 Å². The number of amides is 4. The van der Waals surface area contributed by atoms with E-state index in [2.05, 4.69) is 22.1 Å². The van der Waals surface area contributed by atoms with Crippen molar-refractivity contribution >= 4 is 41.2 Å². The summed E-state index contributed by atoms with van der Waals surface area (Å²) in [4.78, 5) is 44.9. The van der Waals surface area contributed by atoms with Crippen LogP contribution in [0.2, 0.25) is 10.0 Å². The van der Waals surface area contributed by atoms with E-state index in [-0.39, 0.29) is 36.8 Å². The minimum Gasteiger partial charge on any atom is -0.463 e. The van der Waals surface area contributed by atoms with Gasteiger partial charge in [-0.25, -0.2) is 14.4 Å². The van der Waals surface area contributed by atoms with E-state index < -0.39 is 12.0 Å². The van der Waals surface area contributed by atoms with Gasteiger partial charge in [-0.2, -0.15) is 0 Å². The first kappa shape index (κ1) is 29.8. The molecule has 3 rings (SSSR count). The van der Waals surface area contributed by atoms with E-state index in [1.165, 1.54) is 4.90 Å². The number of halogens is 2. The van der Waals surface area contributed by atoms with Crippen LogP contribution >= 0.6 is 23.2 Å². The standard InChI is InChI=1S/C27H37Cl2N5O4/c1-7-11-34-21(16-32-12-13-33(17(3)15-32)26(37)31-27(4,5)6)22(24(35)38-8-2)23(30-25(34)36)19-10-9-18(28)14-20(19)29/h7,9-10,14,17,23H,1,8,11-13,15-16H2,2-6H3,(H,30,36)(H,31,37)/t17-,23-/m1/s1. The van der Waals surface area contributed by atoms with Gasteiger partial charge in [-0.1, -0.05) is 35.3 Å². The van der Waals surface area contributed by atoms with Crippen LogP contribution in [0.3, 0.4) is 0 Å². The summed E-state index contributed by atoms with van der Waals surface area (Å²) in [7, 11) is 0. The van der Waals surface area contributed by atoms with Gasteiger partial charge in [-0.3, -0.25) is 9.80 Å². The second kappa shape index (κ2) is 12.4. The third-order valence-corrected chi connectivity index (χ3v) is 6.91. The monoisotopic (exact) mass is 565 g/mol.